The van der Waals surface area contributed by atoms with Crippen LogP contribution in [0.3, 0.4) is 0 Å². The first kappa shape index (κ1) is 17.6. The highest BCUT2D eigenvalue weighted by Crippen LogP contribution is 2.11. The van der Waals surface area contributed by atoms with E-state index in [9.17, 15) is 9.59 Å². The summed E-state index contributed by atoms with van der Waals surface area (Å²) < 4.78 is 0. The first-order valence-corrected chi connectivity index (χ1v) is 9.44. The highest BCUT2D eigenvalue weighted by atomic mass is 32.1. The van der Waals surface area contributed by atoms with Crippen LogP contribution in [0.5, 0.6) is 0 Å². The molecule has 132 valence electrons. The number of rotatable bonds is 5. The maximum Gasteiger partial charge on any atom is 0.261 e. The molecule has 1 aromatic heterocycles. The van der Waals surface area contributed by atoms with E-state index in [0.29, 0.717) is 23.0 Å². The fourth-order valence-corrected chi connectivity index (χ4v) is 3.62. The molecule has 0 radical (unpaired) electrons. The van der Waals surface area contributed by atoms with E-state index in [1.54, 1.807) is 6.07 Å². The van der Waals surface area contributed by atoms with Crippen LogP contribution in [-0.4, -0.2) is 30.4 Å². The molecule has 2 aromatic rings. The lowest BCUT2D eigenvalue weighted by molar-refractivity contribution is 0.0923. The van der Waals surface area contributed by atoms with Gasteiger partial charge in [-0.25, -0.2) is 0 Å². The van der Waals surface area contributed by atoms with Crippen molar-refractivity contribution < 1.29 is 9.59 Å². The van der Waals surface area contributed by atoms with Gasteiger partial charge in [0.2, 0.25) is 0 Å². The Kier molecular flexibility index (Phi) is 5.83. The minimum absolute atomic E-state index is 0.0340. The van der Waals surface area contributed by atoms with Crippen LogP contribution in [0.1, 0.15) is 45.4 Å². The van der Waals surface area contributed by atoms with Crippen molar-refractivity contribution in [3.8, 4) is 0 Å². The Morgan fingerprint density at radius 1 is 1.20 bits per heavy atom. The summed E-state index contributed by atoms with van der Waals surface area (Å²) in [6.07, 6.45) is 1.92. The number of hydrogen-bond acceptors (Lipinski definition) is 4. The van der Waals surface area contributed by atoms with Crippen LogP contribution < -0.4 is 16.0 Å². The minimum atomic E-state index is -0.0724. The Labute approximate surface area is 151 Å². The molecule has 0 saturated carbocycles. The Hall–Kier alpha value is -2.18. The summed E-state index contributed by atoms with van der Waals surface area (Å²) in [5.74, 6) is -0.106. The van der Waals surface area contributed by atoms with E-state index in [0.717, 1.165) is 24.9 Å². The lowest BCUT2D eigenvalue weighted by Crippen LogP contribution is -2.46. The Morgan fingerprint density at radius 2 is 2.00 bits per heavy atom. The van der Waals surface area contributed by atoms with Crippen molar-refractivity contribution in [2.75, 3.05) is 6.54 Å². The van der Waals surface area contributed by atoms with Crippen LogP contribution in [-0.2, 0) is 6.54 Å². The highest BCUT2D eigenvalue weighted by Gasteiger charge is 2.20. The van der Waals surface area contributed by atoms with E-state index in [2.05, 4.69) is 22.9 Å². The number of thiophene rings is 1. The molecule has 2 unspecified atom stereocenters. The smallest absolute Gasteiger partial charge is 0.261 e. The van der Waals surface area contributed by atoms with Gasteiger partial charge in [0.25, 0.3) is 11.8 Å². The van der Waals surface area contributed by atoms with Gasteiger partial charge in [0.1, 0.15) is 0 Å². The third kappa shape index (κ3) is 4.90. The summed E-state index contributed by atoms with van der Waals surface area (Å²) in [4.78, 5) is 25.0. The largest absolute Gasteiger partial charge is 0.349 e. The summed E-state index contributed by atoms with van der Waals surface area (Å²) in [7, 11) is 0. The molecule has 0 spiro atoms. The molecule has 1 fully saturated rings. The number of hydrogen-bond donors (Lipinski definition) is 3. The van der Waals surface area contributed by atoms with E-state index >= 15 is 0 Å². The van der Waals surface area contributed by atoms with Gasteiger partial charge in [0, 0.05) is 24.2 Å². The third-order valence-electron chi connectivity index (χ3n) is 4.37. The Morgan fingerprint density at radius 3 is 2.68 bits per heavy atom. The van der Waals surface area contributed by atoms with Crippen molar-refractivity contribution in [1.82, 2.24) is 16.0 Å². The number of amides is 2. The van der Waals surface area contributed by atoms with Gasteiger partial charge in [-0.05, 0) is 55.5 Å². The molecular weight excluding hydrogens is 334 g/mol. The molecule has 6 heteroatoms. The molecule has 2 atom stereocenters. The predicted molar refractivity (Wildman–Crippen MR) is 99.9 cm³/mol. The highest BCUT2D eigenvalue weighted by molar-refractivity contribution is 7.12. The molecule has 1 saturated heterocycles. The van der Waals surface area contributed by atoms with Gasteiger partial charge >= 0.3 is 0 Å². The summed E-state index contributed by atoms with van der Waals surface area (Å²) in [6.45, 7) is 3.52. The van der Waals surface area contributed by atoms with Crippen LogP contribution in [0.2, 0.25) is 0 Å². The quantitative estimate of drug-likeness (QED) is 0.770. The molecule has 0 aliphatic carbocycles. The monoisotopic (exact) mass is 357 g/mol. The number of carbonyl (C=O) groups is 2. The molecular formula is C19H23N3O2S. The van der Waals surface area contributed by atoms with Gasteiger partial charge in [-0.1, -0.05) is 18.2 Å². The molecule has 3 N–H and O–H groups in total. The zero-order chi connectivity index (χ0) is 17.6. The second kappa shape index (κ2) is 8.27. The fraction of sp³-hybridized carbons (Fsp3) is 0.368. The molecule has 25 heavy (non-hydrogen) atoms. The van der Waals surface area contributed by atoms with Gasteiger partial charge in [-0.15, -0.1) is 11.3 Å². The van der Waals surface area contributed by atoms with E-state index in [4.69, 9.17) is 0 Å². The Balaban J connectivity index is 1.51. The maximum absolute atomic E-state index is 12.4. The van der Waals surface area contributed by atoms with E-state index in [-0.39, 0.29) is 17.9 Å². The lowest BCUT2D eigenvalue weighted by atomic mass is 10.00. The van der Waals surface area contributed by atoms with Crippen molar-refractivity contribution in [1.29, 1.82) is 0 Å². The summed E-state index contributed by atoms with van der Waals surface area (Å²) in [5, 5.41) is 11.3. The van der Waals surface area contributed by atoms with Crippen molar-refractivity contribution in [3.63, 3.8) is 0 Å². The average molecular weight is 357 g/mol. The zero-order valence-corrected chi connectivity index (χ0v) is 15.1. The molecule has 0 bridgehead atoms. The molecule has 3 rings (SSSR count). The van der Waals surface area contributed by atoms with Crippen LogP contribution in [0.15, 0.2) is 41.8 Å². The van der Waals surface area contributed by atoms with E-state index in [1.165, 1.54) is 11.3 Å². The molecule has 5 nitrogen and oxygen atoms in total. The maximum atomic E-state index is 12.4. The van der Waals surface area contributed by atoms with Gasteiger partial charge < -0.3 is 16.0 Å². The van der Waals surface area contributed by atoms with Crippen LogP contribution >= 0.6 is 11.3 Å². The first-order valence-electron chi connectivity index (χ1n) is 8.56. The van der Waals surface area contributed by atoms with Crippen molar-refractivity contribution in [3.05, 3.63) is 57.8 Å². The molecule has 1 aromatic carbocycles. The second-order valence-corrected chi connectivity index (χ2v) is 7.35. The first-order chi connectivity index (χ1) is 12.1. The van der Waals surface area contributed by atoms with Gasteiger partial charge in [-0.2, -0.15) is 0 Å². The number of carbonyl (C=O) groups excluding carboxylic acids is 2. The summed E-state index contributed by atoms with van der Waals surface area (Å²) >= 11 is 1.42. The predicted octanol–water partition coefficient (Wildman–Crippen LogP) is 2.55. The van der Waals surface area contributed by atoms with Crippen molar-refractivity contribution in [2.45, 2.75) is 38.4 Å². The minimum Gasteiger partial charge on any atom is -0.349 e. The van der Waals surface area contributed by atoms with Crippen molar-refractivity contribution in [2.24, 2.45) is 0 Å². The summed E-state index contributed by atoms with van der Waals surface area (Å²) in [6, 6.07) is 11.7. The van der Waals surface area contributed by atoms with Gasteiger partial charge in [-0.3, -0.25) is 9.59 Å². The third-order valence-corrected chi connectivity index (χ3v) is 5.24. The number of piperidine rings is 1. The van der Waals surface area contributed by atoms with Crippen LogP contribution in [0.25, 0.3) is 0 Å². The number of benzene rings is 1. The van der Waals surface area contributed by atoms with E-state index in [1.807, 2.05) is 35.7 Å². The van der Waals surface area contributed by atoms with Crippen LogP contribution in [0, 0.1) is 0 Å². The zero-order valence-electron chi connectivity index (χ0n) is 14.2. The molecule has 2 amide bonds. The van der Waals surface area contributed by atoms with Gasteiger partial charge in [0.15, 0.2) is 0 Å². The van der Waals surface area contributed by atoms with E-state index < -0.39 is 0 Å². The van der Waals surface area contributed by atoms with Crippen molar-refractivity contribution >= 4 is 23.2 Å². The molecule has 2 heterocycles. The second-order valence-electron chi connectivity index (χ2n) is 6.41. The molecule has 1 aliphatic rings. The number of nitrogens with one attached hydrogen (secondary N) is 3. The van der Waals surface area contributed by atoms with Gasteiger partial charge in [0.05, 0.1) is 4.88 Å². The van der Waals surface area contributed by atoms with Crippen LogP contribution in [0.4, 0.5) is 0 Å². The topological polar surface area (TPSA) is 70.2 Å². The Bertz CT molecular complexity index is 713. The SMILES string of the molecule is CC1CC(NC(=O)c2ccc(CNC(=O)c3cccs3)cc2)CCN1. The summed E-state index contributed by atoms with van der Waals surface area (Å²) in [5.41, 5.74) is 1.62. The normalized spacial score (nSPS) is 20.0. The standard InChI is InChI=1S/C19H23N3O2S/c1-13-11-16(8-9-20-13)22-18(23)15-6-4-14(5-7-15)12-21-19(24)17-3-2-10-25-17/h2-7,10,13,16,20H,8-9,11-12H2,1H3,(H,21,24)(H,22,23). The lowest BCUT2D eigenvalue weighted by Gasteiger charge is -2.28. The molecule has 1 aliphatic heterocycles. The average Bonchev–Trinajstić information content (AvgIpc) is 3.15. The fourth-order valence-electron chi connectivity index (χ4n) is 2.98.